The fourth-order valence-electron chi connectivity index (χ4n) is 1.82. The van der Waals surface area contributed by atoms with Crippen molar-refractivity contribution < 1.29 is 5.11 Å². The van der Waals surface area contributed by atoms with Gasteiger partial charge in [0.15, 0.2) is 0 Å². The van der Waals surface area contributed by atoms with E-state index in [4.69, 9.17) is 5.11 Å². The molecule has 0 aliphatic heterocycles. The second-order valence-electron chi connectivity index (χ2n) is 4.00. The number of likely N-dealkylation sites (N-methyl/N-ethyl adjacent to an activating group) is 1. The van der Waals surface area contributed by atoms with Crippen LogP contribution < -0.4 is 0 Å². The molecule has 3 heteroatoms. The van der Waals surface area contributed by atoms with Gasteiger partial charge in [-0.3, -0.25) is 0 Å². The lowest BCUT2D eigenvalue weighted by molar-refractivity contribution is 0.173. The average molecular weight is 216 g/mol. The fraction of sp³-hybridized carbons (Fsp3) is 1.00. The molecule has 3 nitrogen and oxygen atoms in total. The molecule has 0 aromatic rings. The van der Waals surface area contributed by atoms with Gasteiger partial charge in [0.25, 0.3) is 0 Å². The van der Waals surface area contributed by atoms with Gasteiger partial charge in [0, 0.05) is 19.6 Å². The summed E-state index contributed by atoms with van der Waals surface area (Å²) in [7, 11) is 0. The van der Waals surface area contributed by atoms with Crippen LogP contribution in [0.2, 0.25) is 0 Å². The maximum atomic E-state index is 8.88. The summed E-state index contributed by atoms with van der Waals surface area (Å²) in [5.41, 5.74) is 0. The molecule has 0 atom stereocenters. The van der Waals surface area contributed by atoms with Crippen LogP contribution in [0.5, 0.6) is 0 Å². The summed E-state index contributed by atoms with van der Waals surface area (Å²) < 4.78 is 0. The number of nitrogens with zero attached hydrogens (tertiary/aromatic N) is 2. The Hall–Kier alpha value is -0.120. The quantitative estimate of drug-likeness (QED) is 0.598. The molecule has 0 saturated carbocycles. The number of aliphatic hydroxyl groups excluding tert-OH is 1. The Bertz CT molecular complexity index is 125. The third-order valence-electron chi connectivity index (χ3n) is 2.68. The van der Waals surface area contributed by atoms with E-state index in [0.717, 1.165) is 26.2 Å². The number of aliphatic hydroxyl groups is 1. The monoisotopic (exact) mass is 216 g/mol. The summed E-state index contributed by atoms with van der Waals surface area (Å²) in [6.45, 7) is 13.3. The van der Waals surface area contributed by atoms with Crippen molar-refractivity contribution in [1.82, 2.24) is 9.80 Å². The maximum Gasteiger partial charge on any atom is 0.0558 e. The lowest BCUT2D eigenvalue weighted by atomic mass is 10.3. The second-order valence-corrected chi connectivity index (χ2v) is 4.00. The summed E-state index contributed by atoms with van der Waals surface area (Å²) in [4.78, 5) is 4.82. The van der Waals surface area contributed by atoms with Crippen LogP contribution in [0.3, 0.4) is 0 Å². The molecule has 15 heavy (non-hydrogen) atoms. The minimum atomic E-state index is 0.273. The van der Waals surface area contributed by atoms with Crippen LogP contribution in [0.4, 0.5) is 0 Å². The van der Waals surface area contributed by atoms with Crippen molar-refractivity contribution in [2.75, 3.05) is 45.9 Å². The minimum absolute atomic E-state index is 0.273. The van der Waals surface area contributed by atoms with E-state index in [9.17, 15) is 0 Å². The summed E-state index contributed by atoms with van der Waals surface area (Å²) in [6.07, 6.45) is 2.46. The van der Waals surface area contributed by atoms with Crippen LogP contribution in [-0.2, 0) is 0 Å². The third kappa shape index (κ3) is 7.77. The Morgan fingerprint density at radius 1 is 0.733 bits per heavy atom. The van der Waals surface area contributed by atoms with Gasteiger partial charge in [-0.2, -0.15) is 0 Å². The van der Waals surface area contributed by atoms with E-state index < -0.39 is 0 Å². The van der Waals surface area contributed by atoms with Crippen LogP contribution >= 0.6 is 0 Å². The molecular weight excluding hydrogens is 188 g/mol. The number of hydrogen-bond donors (Lipinski definition) is 1. The summed E-state index contributed by atoms with van der Waals surface area (Å²) in [5.74, 6) is 0. The van der Waals surface area contributed by atoms with Crippen molar-refractivity contribution in [3.05, 3.63) is 0 Å². The highest BCUT2D eigenvalue weighted by Crippen LogP contribution is 1.96. The first-order valence-electron chi connectivity index (χ1n) is 6.33. The number of rotatable bonds is 10. The normalized spacial score (nSPS) is 11.6. The lowest BCUT2D eigenvalue weighted by Crippen LogP contribution is -2.37. The Kier molecular flexibility index (Phi) is 10.3. The van der Waals surface area contributed by atoms with E-state index in [2.05, 4.69) is 30.6 Å². The minimum Gasteiger partial charge on any atom is -0.395 e. The van der Waals surface area contributed by atoms with Gasteiger partial charge in [0.05, 0.1) is 6.61 Å². The molecule has 0 aromatic heterocycles. The molecule has 0 saturated heterocycles. The lowest BCUT2D eigenvalue weighted by Gasteiger charge is -2.25. The summed E-state index contributed by atoms with van der Waals surface area (Å²) in [5, 5.41) is 8.88. The first-order chi connectivity index (χ1) is 7.28. The predicted octanol–water partition coefficient (Wildman–Crippen LogP) is 1.42. The van der Waals surface area contributed by atoms with E-state index in [0.29, 0.717) is 0 Å². The molecular formula is C12H28N2O. The molecule has 0 rings (SSSR count). The van der Waals surface area contributed by atoms with E-state index in [1.54, 1.807) is 0 Å². The third-order valence-corrected chi connectivity index (χ3v) is 2.68. The van der Waals surface area contributed by atoms with E-state index in [-0.39, 0.29) is 6.61 Å². The van der Waals surface area contributed by atoms with E-state index >= 15 is 0 Å². The molecule has 0 aliphatic carbocycles. The summed E-state index contributed by atoms with van der Waals surface area (Å²) >= 11 is 0. The maximum absolute atomic E-state index is 8.88. The Morgan fingerprint density at radius 2 is 1.27 bits per heavy atom. The second kappa shape index (κ2) is 10.4. The molecule has 0 heterocycles. The topological polar surface area (TPSA) is 26.7 Å². The Balaban J connectivity index is 3.73. The standard InChI is InChI=1S/C12H28N2O/c1-4-7-14(8-5-2)10-9-13(6-3)11-12-15/h15H,4-12H2,1-3H3. The van der Waals surface area contributed by atoms with Crippen LogP contribution in [-0.4, -0.2) is 60.8 Å². The van der Waals surface area contributed by atoms with Gasteiger partial charge < -0.3 is 14.9 Å². The van der Waals surface area contributed by atoms with E-state index in [1.807, 2.05) is 0 Å². The van der Waals surface area contributed by atoms with Crippen LogP contribution in [0.1, 0.15) is 33.6 Å². The highest BCUT2D eigenvalue weighted by Gasteiger charge is 2.05. The molecule has 92 valence electrons. The van der Waals surface area contributed by atoms with Gasteiger partial charge in [0.2, 0.25) is 0 Å². The van der Waals surface area contributed by atoms with Gasteiger partial charge in [-0.05, 0) is 32.5 Å². The van der Waals surface area contributed by atoms with Crippen molar-refractivity contribution in [3.63, 3.8) is 0 Å². The zero-order chi connectivity index (χ0) is 11.5. The van der Waals surface area contributed by atoms with Crippen LogP contribution in [0.25, 0.3) is 0 Å². The molecule has 0 bridgehead atoms. The molecule has 0 unspecified atom stereocenters. The van der Waals surface area contributed by atoms with E-state index in [1.165, 1.54) is 25.9 Å². The highest BCUT2D eigenvalue weighted by molar-refractivity contribution is 4.61. The molecule has 0 amide bonds. The number of hydrogen-bond acceptors (Lipinski definition) is 3. The van der Waals surface area contributed by atoms with Crippen molar-refractivity contribution in [3.8, 4) is 0 Å². The average Bonchev–Trinajstić information content (AvgIpc) is 2.24. The van der Waals surface area contributed by atoms with Gasteiger partial charge in [-0.15, -0.1) is 0 Å². The summed E-state index contributed by atoms with van der Waals surface area (Å²) in [6, 6.07) is 0. The van der Waals surface area contributed by atoms with Crippen molar-refractivity contribution in [1.29, 1.82) is 0 Å². The highest BCUT2D eigenvalue weighted by atomic mass is 16.3. The van der Waals surface area contributed by atoms with Crippen LogP contribution in [0.15, 0.2) is 0 Å². The Morgan fingerprint density at radius 3 is 1.67 bits per heavy atom. The molecule has 0 fully saturated rings. The zero-order valence-corrected chi connectivity index (χ0v) is 10.7. The molecule has 0 aliphatic rings. The first-order valence-corrected chi connectivity index (χ1v) is 6.33. The van der Waals surface area contributed by atoms with Gasteiger partial charge in [-0.25, -0.2) is 0 Å². The first kappa shape index (κ1) is 14.9. The fourth-order valence-corrected chi connectivity index (χ4v) is 1.82. The predicted molar refractivity (Wildman–Crippen MR) is 66.2 cm³/mol. The van der Waals surface area contributed by atoms with Gasteiger partial charge in [0.1, 0.15) is 0 Å². The van der Waals surface area contributed by atoms with Crippen molar-refractivity contribution in [2.45, 2.75) is 33.6 Å². The van der Waals surface area contributed by atoms with Crippen molar-refractivity contribution >= 4 is 0 Å². The van der Waals surface area contributed by atoms with Gasteiger partial charge >= 0.3 is 0 Å². The largest absolute Gasteiger partial charge is 0.395 e. The smallest absolute Gasteiger partial charge is 0.0558 e. The SMILES string of the molecule is CCCN(CCC)CCN(CC)CCO. The van der Waals surface area contributed by atoms with Gasteiger partial charge in [-0.1, -0.05) is 20.8 Å². The molecule has 1 N–H and O–H groups in total. The zero-order valence-electron chi connectivity index (χ0n) is 10.7. The Labute approximate surface area is 95.1 Å². The van der Waals surface area contributed by atoms with Crippen LogP contribution in [0, 0.1) is 0 Å². The van der Waals surface area contributed by atoms with Crippen molar-refractivity contribution in [2.24, 2.45) is 0 Å². The molecule has 0 spiro atoms. The molecule has 0 radical (unpaired) electrons. The molecule has 0 aromatic carbocycles.